The summed E-state index contributed by atoms with van der Waals surface area (Å²) in [4.78, 5) is 4.89. The van der Waals surface area contributed by atoms with E-state index in [1.165, 1.54) is 103 Å². The van der Waals surface area contributed by atoms with Crippen LogP contribution in [0.4, 0.5) is 34.1 Å². The molecule has 0 unspecified atom stereocenters. The molecular weight excluding hydrogens is 1040 g/mol. The molecule has 15 rings (SSSR count). The summed E-state index contributed by atoms with van der Waals surface area (Å²) in [6.07, 6.45) is 9.51. The molecule has 0 saturated heterocycles. The van der Waals surface area contributed by atoms with Crippen LogP contribution in [-0.4, -0.2) is 5.11 Å². The van der Waals surface area contributed by atoms with Gasteiger partial charge in [0.2, 0.25) is 0 Å². The van der Waals surface area contributed by atoms with Crippen LogP contribution in [0.5, 0.6) is 5.75 Å². The minimum atomic E-state index is 0.256. The van der Waals surface area contributed by atoms with Crippen molar-refractivity contribution in [2.45, 2.75) is 117 Å². The number of phenolic OH excluding ortho intramolecular Hbond substituents is 1. The van der Waals surface area contributed by atoms with E-state index in [-0.39, 0.29) is 5.75 Å². The van der Waals surface area contributed by atoms with Crippen molar-refractivity contribution in [2.75, 3.05) is 9.80 Å². The van der Waals surface area contributed by atoms with Crippen LogP contribution in [0.1, 0.15) is 136 Å². The fraction of sp³-hybridized carbons (Fsp3) is 0.220. The lowest BCUT2D eigenvalue weighted by Crippen LogP contribution is -2.13. The molecule has 1 heterocycles. The number of aromatic hydroxyl groups is 1. The van der Waals surface area contributed by atoms with Gasteiger partial charge in [0.15, 0.2) is 5.58 Å². The van der Waals surface area contributed by atoms with Crippen molar-refractivity contribution in [3.8, 4) is 39.1 Å². The van der Waals surface area contributed by atoms with Crippen molar-refractivity contribution in [3.05, 3.63) is 246 Å². The van der Waals surface area contributed by atoms with Crippen molar-refractivity contribution < 1.29 is 9.52 Å². The van der Waals surface area contributed by atoms with Crippen LogP contribution in [-0.2, 0) is 0 Å². The molecule has 4 heteroatoms. The number of benzene rings is 12. The number of hydrogen-bond acceptors (Lipinski definition) is 4. The summed E-state index contributed by atoms with van der Waals surface area (Å²) in [6.45, 7) is 13.4. The van der Waals surface area contributed by atoms with Crippen LogP contribution in [0.2, 0.25) is 0 Å². The Labute approximate surface area is 506 Å². The van der Waals surface area contributed by atoms with Crippen molar-refractivity contribution >= 4 is 88.4 Å². The van der Waals surface area contributed by atoms with Crippen LogP contribution < -0.4 is 9.80 Å². The maximum Gasteiger partial charge on any atom is 0.159 e. The van der Waals surface area contributed by atoms with Gasteiger partial charge in [0.25, 0.3) is 0 Å². The molecular formula is C82H74N2O2. The van der Waals surface area contributed by atoms with E-state index in [0.29, 0.717) is 23.7 Å². The fourth-order valence-corrected chi connectivity index (χ4v) is 15.2. The number of hydrogen-bond donors (Lipinski definition) is 1. The zero-order valence-corrected chi connectivity index (χ0v) is 50.4. The van der Waals surface area contributed by atoms with Crippen LogP contribution in [0, 0.1) is 13.8 Å². The summed E-state index contributed by atoms with van der Waals surface area (Å²) >= 11 is 0. The normalized spacial score (nSPS) is 14.2. The van der Waals surface area contributed by atoms with Crippen molar-refractivity contribution in [3.63, 3.8) is 0 Å². The molecule has 0 amide bonds. The van der Waals surface area contributed by atoms with Gasteiger partial charge in [-0.15, -0.1) is 0 Å². The highest BCUT2D eigenvalue weighted by molar-refractivity contribution is 6.30. The van der Waals surface area contributed by atoms with Gasteiger partial charge >= 0.3 is 0 Å². The molecule has 0 bridgehead atoms. The molecule has 4 nitrogen and oxygen atoms in total. The Morgan fingerprint density at radius 1 is 0.372 bits per heavy atom. The first kappa shape index (κ1) is 53.6. The van der Waals surface area contributed by atoms with E-state index in [2.05, 4.69) is 264 Å². The molecule has 0 radical (unpaired) electrons. The summed E-state index contributed by atoms with van der Waals surface area (Å²) in [6, 6.07) is 78.9. The van der Waals surface area contributed by atoms with Gasteiger partial charge in [-0.3, -0.25) is 0 Å². The maximum absolute atomic E-state index is 13.2. The largest absolute Gasteiger partial charge is 0.505 e. The zero-order valence-electron chi connectivity index (χ0n) is 50.4. The lowest BCUT2D eigenvalue weighted by Gasteiger charge is -2.32. The van der Waals surface area contributed by atoms with Crippen LogP contribution >= 0.6 is 0 Å². The number of rotatable bonds is 13. The second-order valence-corrected chi connectivity index (χ2v) is 25.5. The number of furan rings is 1. The third-order valence-corrected chi connectivity index (χ3v) is 19.5. The van der Waals surface area contributed by atoms with Crippen LogP contribution in [0.15, 0.2) is 217 Å². The average Bonchev–Trinajstić information content (AvgIpc) is 0.905. The summed E-state index contributed by atoms with van der Waals surface area (Å²) in [7, 11) is 0. The van der Waals surface area contributed by atoms with Gasteiger partial charge in [-0.25, -0.2) is 0 Å². The van der Waals surface area contributed by atoms with E-state index < -0.39 is 0 Å². The van der Waals surface area contributed by atoms with Gasteiger partial charge in [0, 0.05) is 44.0 Å². The lowest BCUT2D eigenvalue weighted by molar-refractivity contribution is 0.478. The zero-order chi connectivity index (χ0) is 58.3. The smallest absolute Gasteiger partial charge is 0.159 e. The predicted molar refractivity (Wildman–Crippen MR) is 365 cm³/mol. The number of aryl methyl sites for hydroxylation is 2. The van der Waals surface area contributed by atoms with E-state index in [0.717, 1.165) is 104 Å². The molecule has 0 aliphatic heterocycles. The monoisotopic (exact) mass is 1120 g/mol. The number of para-hydroxylation sites is 3. The molecule has 2 aliphatic carbocycles. The van der Waals surface area contributed by atoms with E-state index in [4.69, 9.17) is 4.42 Å². The van der Waals surface area contributed by atoms with Gasteiger partial charge < -0.3 is 19.3 Å². The van der Waals surface area contributed by atoms with Gasteiger partial charge in [-0.05, 0) is 184 Å². The molecule has 1 aromatic heterocycles. The van der Waals surface area contributed by atoms with Gasteiger partial charge in [0.05, 0.1) is 22.7 Å². The number of nitrogens with zero attached hydrogens (tertiary/aromatic N) is 2. The summed E-state index contributed by atoms with van der Waals surface area (Å²) in [5.41, 5.74) is 22.2. The third-order valence-electron chi connectivity index (χ3n) is 19.5. The first-order chi connectivity index (χ1) is 42.1. The molecule has 2 aliphatic rings. The Morgan fingerprint density at radius 3 is 1.37 bits per heavy atom. The third kappa shape index (κ3) is 9.02. The van der Waals surface area contributed by atoms with Crippen LogP contribution in [0.25, 0.3) is 87.6 Å². The van der Waals surface area contributed by atoms with Crippen molar-refractivity contribution in [1.82, 2.24) is 0 Å². The first-order valence-electron chi connectivity index (χ1n) is 31.6. The average molecular weight is 1120 g/mol. The van der Waals surface area contributed by atoms with Crippen molar-refractivity contribution in [2.24, 2.45) is 0 Å². The van der Waals surface area contributed by atoms with E-state index in [1.807, 2.05) is 0 Å². The molecule has 0 spiro atoms. The maximum atomic E-state index is 13.2. The van der Waals surface area contributed by atoms with Gasteiger partial charge in [-0.1, -0.05) is 222 Å². The molecule has 2 saturated carbocycles. The number of fused-ring (bicyclic) bond motifs is 3. The minimum Gasteiger partial charge on any atom is -0.505 e. The molecule has 424 valence electrons. The lowest BCUT2D eigenvalue weighted by atomic mass is 9.82. The molecule has 86 heavy (non-hydrogen) atoms. The highest BCUT2D eigenvalue weighted by Gasteiger charge is 2.32. The van der Waals surface area contributed by atoms with Crippen LogP contribution in [0.3, 0.4) is 0 Å². The Morgan fingerprint density at radius 2 is 0.802 bits per heavy atom. The molecule has 0 atom stereocenters. The van der Waals surface area contributed by atoms with Crippen molar-refractivity contribution in [1.29, 1.82) is 0 Å². The highest BCUT2D eigenvalue weighted by Crippen LogP contribution is 2.56. The first-order valence-corrected chi connectivity index (χ1v) is 31.6. The number of anilines is 6. The molecule has 12 aromatic carbocycles. The quantitative estimate of drug-likeness (QED) is 0.117. The topological polar surface area (TPSA) is 39.9 Å². The second-order valence-electron chi connectivity index (χ2n) is 25.5. The molecule has 13 aromatic rings. The summed E-state index contributed by atoms with van der Waals surface area (Å²) < 4.78 is 7.43. The van der Waals surface area contributed by atoms with Gasteiger partial charge in [0.1, 0.15) is 11.3 Å². The molecule has 2 fully saturated rings. The predicted octanol–water partition coefficient (Wildman–Crippen LogP) is 24.3. The summed E-state index contributed by atoms with van der Waals surface area (Å²) in [5, 5.41) is 23.1. The minimum absolute atomic E-state index is 0.256. The van der Waals surface area contributed by atoms with E-state index in [9.17, 15) is 5.11 Å². The molecule has 1 N–H and O–H groups in total. The Kier molecular flexibility index (Phi) is 13.6. The number of phenols is 1. The Bertz CT molecular complexity index is 4700. The Balaban J connectivity index is 1.00. The van der Waals surface area contributed by atoms with E-state index >= 15 is 0 Å². The summed E-state index contributed by atoms with van der Waals surface area (Å²) in [5.74, 6) is 1.79. The van der Waals surface area contributed by atoms with E-state index in [1.54, 1.807) is 0 Å². The SMILES string of the molecule is Cc1ccc(N(c2cccc(-c3cccc(-c4ccccc4C(C)C)c3)c2O)c2cc(C3CCCC3)c3ccc4c(N(c5ccc(C)cc5)c5cccc6c5oc5c(-c7ccccc7C(C)C)cccc56)cc(C5CCCC5)c5ccc2c3c54)cc1. The Hall–Kier alpha value is -9.12. The second kappa shape index (κ2) is 21.7. The van der Waals surface area contributed by atoms with Gasteiger partial charge in [-0.2, -0.15) is 0 Å². The standard InChI is InChI=1S/C82H74N2O2/c1-50(2)60-25-11-13-27-62(60)56-23-15-24-57(47-56)63-29-17-33-74(80(63)85)83(58-39-35-52(5)36-40-58)76-48-72(54-19-7-8-20-54)65-44-46-71-77(49-73(55-21-9-10-22-55)66-43-45-70(76)78(65)79(66)71)84(59-41-37-53(6)38-42-59)75-34-18-32-69-68-31-16-30-67(81(68)86-82(69)75)64-28-14-12-26-61(64)51(3)4/h11-18,23-51,54-55,85H,7-10,19-22H2,1-6H3. The fourth-order valence-electron chi connectivity index (χ4n) is 15.2. The highest BCUT2D eigenvalue weighted by atomic mass is 16.3.